The number of pyridine rings is 1. The number of ether oxygens (including phenoxy) is 1. The number of carbonyl (C=O) groups is 2. The highest BCUT2D eigenvalue weighted by Crippen LogP contribution is 2.23. The summed E-state index contributed by atoms with van der Waals surface area (Å²) in [6.07, 6.45) is 2.52. The van der Waals surface area contributed by atoms with Crippen LogP contribution < -0.4 is 10.6 Å². The highest BCUT2D eigenvalue weighted by molar-refractivity contribution is 7.08. The number of piperazine rings is 1. The highest BCUT2D eigenvalue weighted by Gasteiger charge is 2.19. The zero-order valence-electron chi connectivity index (χ0n) is 20.7. The number of nitrogens with one attached hydrogen (secondary N) is 2. The molecule has 0 aliphatic carbocycles. The zero-order chi connectivity index (χ0) is 24.6. The van der Waals surface area contributed by atoms with Crippen molar-refractivity contribution < 1.29 is 14.3 Å². The molecular weight excluding hydrogens is 450 g/mol. The molecule has 2 aromatic rings. The third kappa shape index (κ3) is 8.79. The first-order chi connectivity index (χ1) is 16.2. The van der Waals surface area contributed by atoms with Crippen molar-refractivity contribution in [3.8, 4) is 0 Å². The molecule has 1 amide bonds. The van der Waals surface area contributed by atoms with E-state index in [1.807, 2.05) is 32.2 Å². The second-order valence-corrected chi connectivity index (χ2v) is 10.5. The molecule has 0 unspecified atom stereocenters. The van der Waals surface area contributed by atoms with E-state index in [0.29, 0.717) is 11.4 Å². The molecule has 0 spiro atoms. The minimum Gasteiger partial charge on any atom is -0.444 e. The lowest BCUT2D eigenvalue weighted by Gasteiger charge is -2.32. The number of Topliss-reactive ketones (excluding diaryl/α,β-unsaturated/α-hetero) is 1. The van der Waals surface area contributed by atoms with E-state index in [9.17, 15) is 9.59 Å². The van der Waals surface area contributed by atoms with Crippen LogP contribution >= 0.6 is 11.3 Å². The van der Waals surface area contributed by atoms with Crippen molar-refractivity contribution in [1.82, 2.24) is 20.1 Å². The number of amides is 1. The summed E-state index contributed by atoms with van der Waals surface area (Å²) in [6.45, 7) is 12.9. The minimum absolute atomic E-state index is 0.0858. The number of thiophene rings is 1. The van der Waals surface area contributed by atoms with Crippen molar-refractivity contribution in [3.63, 3.8) is 0 Å². The lowest BCUT2D eigenvalue weighted by molar-refractivity contribution is 0.0635. The van der Waals surface area contributed by atoms with E-state index < -0.39 is 11.7 Å². The molecule has 34 heavy (non-hydrogen) atoms. The van der Waals surface area contributed by atoms with Gasteiger partial charge in [-0.05, 0) is 69.9 Å². The Kier molecular flexibility index (Phi) is 9.58. The smallest absolute Gasteiger partial charge is 0.412 e. The third-order valence-corrected chi connectivity index (χ3v) is 6.38. The average Bonchev–Trinajstić information content (AvgIpc) is 3.20. The fraction of sp³-hybridized carbons (Fsp3) is 0.560. The van der Waals surface area contributed by atoms with Gasteiger partial charge in [-0.1, -0.05) is 6.07 Å². The Morgan fingerprint density at radius 2 is 1.91 bits per heavy atom. The van der Waals surface area contributed by atoms with Crippen molar-refractivity contribution >= 4 is 28.9 Å². The van der Waals surface area contributed by atoms with E-state index in [4.69, 9.17) is 4.74 Å². The highest BCUT2D eigenvalue weighted by atomic mass is 32.1. The van der Waals surface area contributed by atoms with Crippen LogP contribution in [0.1, 0.15) is 48.8 Å². The van der Waals surface area contributed by atoms with Gasteiger partial charge in [-0.15, -0.1) is 11.3 Å². The van der Waals surface area contributed by atoms with Crippen molar-refractivity contribution in [2.45, 2.75) is 45.8 Å². The van der Waals surface area contributed by atoms with Crippen molar-refractivity contribution in [1.29, 1.82) is 0 Å². The minimum atomic E-state index is -0.582. The monoisotopic (exact) mass is 487 g/mol. The van der Waals surface area contributed by atoms with Crippen molar-refractivity contribution in [3.05, 3.63) is 45.9 Å². The molecule has 0 bridgehead atoms. The summed E-state index contributed by atoms with van der Waals surface area (Å²) in [5, 5.41) is 9.87. The summed E-state index contributed by atoms with van der Waals surface area (Å²) in [6, 6.07) is 3.72. The first-order valence-electron chi connectivity index (χ1n) is 11.8. The number of hydrogen-bond donors (Lipinski definition) is 2. The number of ketones is 1. The molecule has 186 valence electrons. The zero-order valence-corrected chi connectivity index (χ0v) is 21.5. The van der Waals surface area contributed by atoms with E-state index >= 15 is 0 Å². The predicted octanol–water partition coefficient (Wildman–Crippen LogP) is 3.64. The molecule has 9 heteroatoms. The third-order valence-electron chi connectivity index (χ3n) is 5.59. The SMILES string of the molecule is CN1CCN(CCCNCc2ccc(C(=O)Cc3cscc3NC(=O)OC(C)(C)C)nc2)CC1. The second kappa shape index (κ2) is 12.4. The Morgan fingerprint density at radius 3 is 2.59 bits per heavy atom. The Morgan fingerprint density at radius 1 is 1.15 bits per heavy atom. The fourth-order valence-electron chi connectivity index (χ4n) is 3.67. The number of nitrogens with zero attached hydrogens (tertiary/aromatic N) is 3. The van der Waals surface area contributed by atoms with Crippen molar-refractivity contribution in [2.75, 3.05) is 51.6 Å². The first kappa shape index (κ1) is 26.3. The van der Waals surface area contributed by atoms with E-state index in [1.54, 1.807) is 17.6 Å². The number of carbonyl (C=O) groups excluding carboxylic acids is 2. The molecule has 3 rings (SSSR count). The predicted molar refractivity (Wildman–Crippen MR) is 137 cm³/mol. The maximum Gasteiger partial charge on any atom is 0.412 e. The van der Waals surface area contributed by atoms with Crippen LogP contribution in [0.2, 0.25) is 0 Å². The summed E-state index contributed by atoms with van der Waals surface area (Å²) < 4.78 is 5.30. The molecule has 3 heterocycles. The number of aromatic nitrogens is 1. The van der Waals surface area contributed by atoms with Gasteiger partial charge in [0.15, 0.2) is 5.78 Å². The number of rotatable bonds is 10. The lowest BCUT2D eigenvalue weighted by Crippen LogP contribution is -2.45. The van der Waals surface area contributed by atoms with Crippen LogP contribution in [0.3, 0.4) is 0 Å². The molecule has 2 aromatic heterocycles. The van der Waals surface area contributed by atoms with Gasteiger partial charge in [0.25, 0.3) is 0 Å². The number of anilines is 1. The van der Waals surface area contributed by atoms with Crippen LogP contribution in [0.15, 0.2) is 29.1 Å². The van der Waals surface area contributed by atoms with Crippen LogP contribution in [0.4, 0.5) is 10.5 Å². The molecule has 0 saturated carbocycles. The molecule has 1 saturated heterocycles. The molecule has 8 nitrogen and oxygen atoms in total. The Balaban J connectivity index is 1.40. The van der Waals surface area contributed by atoms with Gasteiger partial charge in [-0.25, -0.2) is 4.79 Å². The van der Waals surface area contributed by atoms with Crippen LogP contribution in [-0.2, 0) is 17.7 Å². The quantitative estimate of drug-likeness (QED) is 0.391. The fourth-order valence-corrected chi connectivity index (χ4v) is 4.46. The maximum absolute atomic E-state index is 12.7. The summed E-state index contributed by atoms with van der Waals surface area (Å²) in [5.74, 6) is -0.0858. The molecular formula is C25H37N5O3S. The van der Waals surface area contributed by atoms with Crippen LogP contribution in [0, 0.1) is 0 Å². The van der Waals surface area contributed by atoms with Gasteiger partial charge in [-0.3, -0.25) is 15.1 Å². The number of hydrogen-bond acceptors (Lipinski definition) is 8. The van der Waals surface area contributed by atoms with Gasteiger partial charge in [-0.2, -0.15) is 0 Å². The molecule has 2 N–H and O–H groups in total. The van der Waals surface area contributed by atoms with E-state index in [1.165, 1.54) is 11.3 Å². The van der Waals surface area contributed by atoms with Crippen LogP contribution in [0.5, 0.6) is 0 Å². The van der Waals surface area contributed by atoms with Crippen LogP contribution in [0.25, 0.3) is 0 Å². The second-order valence-electron chi connectivity index (χ2n) is 9.76. The Labute approximate surface area is 206 Å². The van der Waals surface area contributed by atoms with Gasteiger partial charge in [0.2, 0.25) is 0 Å². The van der Waals surface area contributed by atoms with Crippen LogP contribution in [-0.4, -0.2) is 78.6 Å². The lowest BCUT2D eigenvalue weighted by atomic mass is 10.1. The summed E-state index contributed by atoms with van der Waals surface area (Å²) in [7, 11) is 2.18. The van der Waals surface area contributed by atoms with E-state index in [0.717, 1.165) is 63.4 Å². The molecule has 0 atom stereocenters. The van der Waals surface area contributed by atoms with Crippen molar-refractivity contribution in [2.24, 2.45) is 0 Å². The normalized spacial score (nSPS) is 15.3. The molecule has 0 aromatic carbocycles. The number of likely N-dealkylation sites (N-methyl/N-ethyl adjacent to an activating group) is 1. The van der Waals surface area contributed by atoms with Gasteiger partial charge in [0.1, 0.15) is 11.3 Å². The maximum atomic E-state index is 12.7. The van der Waals surface area contributed by atoms with Gasteiger partial charge in [0, 0.05) is 50.7 Å². The Hall–Kier alpha value is -2.33. The summed E-state index contributed by atoms with van der Waals surface area (Å²) in [5.41, 5.74) is 2.26. The summed E-state index contributed by atoms with van der Waals surface area (Å²) >= 11 is 1.43. The molecule has 1 aliphatic heterocycles. The topological polar surface area (TPSA) is 86.8 Å². The molecule has 1 fully saturated rings. The van der Waals surface area contributed by atoms with Gasteiger partial charge in [0.05, 0.1) is 5.69 Å². The van der Waals surface area contributed by atoms with E-state index in [2.05, 4.69) is 32.5 Å². The van der Waals surface area contributed by atoms with Gasteiger partial charge >= 0.3 is 6.09 Å². The molecule has 1 aliphatic rings. The Bertz CT molecular complexity index is 931. The summed E-state index contributed by atoms with van der Waals surface area (Å²) in [4.78, 5) is 34.0. The molecule has 0 radical (unpaired) electrons. The largest absolute Gasteiger partial charge is 0.444 e. The standard InChI is InChI=1S/C25H37N5O3S/c1-25(2,3)33-24(32)28-22-18-34-17-20(22)14-23(31)21-7-6-19(16-27-21)15-26-8-5-9-30-12-10-29(4)11-13-30/h6-7,16-18,26H,5,8-15H2,1-4H3,(H,28,32). The first-order valence-corrected chi connectivity index (χ1v) is 12.8. The van der Waals surface area contributed by atoms with Gasteiger partial charge < -0.3 is 19.9 Å². The average molecular weight is 488 g/mol. The van der Waals surface area contributed by atoms with E-state index in [-0.39, 0.29) is 12.2 Å².